The van der Waals surface area contributed by atoms with Crippen molar-refractivity contribution in [2.75, 3.05) is 0 Å². The molecule has 1 heterocycles. The third-order valence-corrected chi connectivity index (χ3v) is 3.69. The summed E-state index contributed by atoms with van der Waals surface area (Å²) in [4.78, 5) is 89.9. The van der Waals surface area contributed by atoms with Gasteiger partial charge in [-0.15, -0.1) is 0 Å². The predicted molar refractivity (Wildman–Crippen MR) is 107 cm³/mol. The van der Waals surface area contributed by atoms with Crippen molar-refractivity contribution in [3.05, 3.63) is 32.6 Å². The van der Waals surface area contributed by atoms with Crippen molar-refractivity contribution >= 4 is 23.5 Å². The van der Waals surface area contributed by atoms with Crippen LogP contribution in [-0.4, -0.2) is 64.8 Å². The van der Waals surface area contributed by atoms with Gasteiger partial charge in [0.1, 0.15) is 0 Å². The SMILES string of the molecule is Cc1cn([C@@H]2C[C@@H](O)[C@@](C)(C#N)C2)c(=O)[nH]c1=O.O=P(O)(O)O.O=P(O)(O)O.O=P(O)(O)O. The van der Waals surface area contributed by atoms with Gasteiger partial charge in [0.05, 0.1) is 17.6 Å². The summed E-state index contributed by atoms with van der Waals surface area (Å²) in [6.45, 7) is 3.30. The molecule has 0 aromatic carbocycles. The molecule has 11 N–H and O–H groups in total. The molecule has 0 saturated heterocycles. The Morgan fingerprint density at radius 3 is 1.67 bits per heavy atom. The minimum Gasteiger partial charge on any atom is -0.391 e. The van der Waals surface area contributed by atoms with E-state index in [0.29, 0.717) is 18.4 Å². The lowest BCUT2D eigenvalue weighted by molar-refractivity contribution is 0.103. The Hall–Kier alpha value is -1.54. The van der Waals surface area contributed by atoms with Crippen LogP contribution >= 0.6 is 23.5 Å². The monoisotopic (exact) mass is 543 g/mol. The van der Waals surface area contributed by atoms with E-state index in [4.69, 9.17) is 63.0 Å². The van der Waals surface area contributed by atoms with Gasteiger partial charge in [-0.3, -0.25) is 14.3 Å². The highest BCUT2D eigenvalue weighted by atomic mass is 31.2. The zero-order valence-corrected chi connectivity index (χ0v) is 19.6. The maximum atomic E-state index is 11.7. The number of phosphoric acid groups is 3. The molecule has 2 rings (SSSR count). The average Bonchev–Trinajstić information content (AvgIpc) is 2.82. The van der Waals surface area contributed by atoms with E-state index in [2.05, 4.69) is 11.1 Å². The van der Waals surface area contributed by atoms with Gasteiger partial charge < -0.3 is 49.1 Å². The molecule has 192 valence electrons. The minimum atomic E-state index is -4.64. The van der Waals surface area contributed by atoms with E-state index in [1.807, 2.05) is 0 Å². The molecule has 1 fully saturated rings. The summed E-state index contributed by atoms with van der Waals surface area (Å²) in [5, 5.41) is 19.0. The summed E-state index contributed by atoms with van der Waals surface area (Å²) >= 11 is 0. The fourth-order valence-electron chi connectivity index (χ4n) is 2.42. The summed E-state index contributed by atoms with van der Waals surface area (Å²) in [5.41, 5.74) is -1.30. The number of hydrogen-bond donors (Lipinski definition) is 11. The first-order chi connectivity index (χ1) is 14.4. The van der Waals surface area contributed by atoms with E-state index < -0.39 is 46.2 Å². The molecule has 18 nitrogen and oxygen atoms in total. The number of aromatic amines is 1. The fraction of sp³-hybridized carbons (Fsp3) is 0.583. The van der Waals surface area contributed by atoms with Gasteiger partial charge in [0.2, 0.25) is 0 Å². The topological polar surface area (TPSA) is 332 Å². The Labute approximate surface area is 184 Å². The van der Waals surface area contributed by atoms with Crippen LogP contribution in [0.25, 0.3) is 0 Å². The molecule has 1 aromatic rings. The number of aryl methyl sites for hydroxylation is 1. The molecule has 0 bridgehead atoms. The average molecular weight is 543 g/mol. The van der Waals surface area contributed by atoms with Crippen LogP contribution in [0.2, 0.25) is 0 Å². The number of nitriles is 1. The van der Waals surface area contributed by atoms with Crippen molar-refractivity contribution in [2.24, 2.45) is 5.41 Å². The number of rotatable bonds is 1. The molecule has 1 aliphatic rings. The number of hydrogen-bond acceptors (Lipinski definition) is 7. The second-order valence-electron chi connectivity index (χ2n) is 6.66. The molecule has 0 aliphatic heterocycles. The van der Waals surface area contributed by atoms with Crippen LogP contribution in [0.15, 0.2) is 15.8 Å². The molecule has 0 unspecified atom stereocenters. The first kappa shape index (κ1) is 33.6. The molecule has 1 saturated carbocycles. The summed E-state index contributed by atoms with van der Waals surface area (Å²) in [5.74, 6) is 0. The Bertz CT molecular complexity index is 1000. The van der Waals surface area contributed by atoms with Gasteiger partial charge in [-0.2, -0.15) is 5.26 Å². The van der Waals surface area contributed by atoms with Gasteiger partial charge in [0.15, 0.2) is 0 Å². The zero-order valence-electron chi connectivity index (χ0n) is 16.9. The second-order valence-corrected chi connectivity index (χ2v) is 9.74. The summed E-state index contributed by atoms with van der Waals surface area (Å²) in [6, 6.07) is 1.84. The number of aromatic nitrogens is 2. The molecule has 1 aliphatic carbocycles. The van der Waals surface area contributed by atoms with Crippen molar-refractivity contribution in [2.45, 2.75) is 38.8 Å². The van der Waals surface area contributed by atoms with E-state index in [1.165, 1.54) is 10.8 Å². The molecule has 0 amide bonds. The first-order valence-electron chi connectivity index (χ1n) is 8.13. The number of aliphatic hydroxyl groups excluding tert-OH is 1. The van der Waals surface area contributed by atoms with E-state index in [9.17, 15) is 14.7 Å². The van der Waals surface area contributed by atoms with Crippen molar-refractivity contribution in [3.63, 3.8) is 0 Å². The van der Waals surface area contributed by atoms with Crippen LogP contribution in [0.1, 0.15) is 31.4 Å². The normalized spacial score (nSPS) is 22.4. The summed E-state index contributed by atoms with van der Waals surface area (Å²) in [6.07, 6.45) is 1.47. The van der Waals surface area contributed by atoms with Crippen molar-refractivity contribution in [3.8, 4) is 6.07 Å². The predicted octanol–water partition coefficient (Wildman–Crippen LogP) is -2.72. The van der Waals surface area contributed by atoms with Gasteiger partial charge in [0.25, 0.3) is 5.56 Å². The Kier molecular flexibility index (Phi) is 13.0. The number of nitrogens with one attached hydrogen (secondary N) is 1. The van der Waals surface area contributed by atoms with Crippen LogP contribution in [0.4, 0.5) is 0 Å². The number of aliphatic hydroxyl groups is 1. The van der Waals surface area contributed by atoms with Crippen LogP contribution in [0.3, 0.4) is 0 Å². The zero-order chi connectivity index (χ0) is 27.0. The molecule has 0 spiro atoms. The van der Waals surface area contributed by atoms with Crippen LogP contribution in [-0.2, 0) is 13.7 Å². The molecule has 33 heavy (non-hydrogen) atoms. The second kappa shape index (κ2) is 12.8. The third kappa shape index (κ3) is 18.6. The maximum Gasteiger partial charge on any atom is 0.466 e. The van der Waals surface area contributed by atoms with Crippen molar-refractivity contribution < 1.29 is 62.8 Å². The fourth-order valence-corrected chi connectivity index (χ4v) is 2.42. The highest BCUT2D eigenvalue weighted by molar-refractivity contribution is 7.45. The van der Waals surface area contributed by atoms with E-state index in [0.717, 1.165) is 0 Å². The van der Waals surface area contributed by atoms with Gasteiger partial charge in [-0.25, -0.2) is 18.5 Å². The van der Waals surface area contributed by atoms with E-state index >= 15 is 0 Å². The van der Waals surface area contributed by atoms with E-state index in [-0.39, 0.29) is 6.04 Å². The quantitative estimate of drug-likeness (QED) is 0.160. The minimum absolute atomic E-state index is 0.257. The molecule has 21 heteroatoms. The van der Waals surface area contributed by atoms with Gasteiger partial charge in [-0.05, 0) is 26.7 Å². The molecule has 1 aromatic heterocycles. The van der Waals surface area contributed by atoms with Gasteiger partial charge >= 0.3 is 29.2 Å². The molecular formula is C12H24N3O15P3. The third-order valence-electron chi connectivity index (χ3n) is 3.69. The highest BCUT2D eigenvalue weighted by Gasteiger charge is 2.44. The maximum absolute atomic E-state index is 11.7. The van der Waals surface area contributed by atoms with Crippen LogP contribution in [0, 0.1) is 23.7 Å². The van der Waals surface area contributed by atoms with Crippen LogP contribution < -0.4 is 11.2 Å². The van der Waals surface area contributed by atoms with Gasteiger partial charge in [0, 0.05) is 17.8 Å². The Morgan fingerprint density at radius 1 is 1.00 bits per heavy atom. The molecular weight excluding hydrogens is 519 g/mol. The lowest BCUT2D eigenvalue weighted by Crippen LogP contribution is -2.32. The standard InChI is InChI=1S/C12H15N3O3.3H3O4P/c1-7-5-15(11(18)14-10(7)17)8-3-9(16)12(2,4-8)6-13;3*1-5(2,3)4/h5,8-9,16H,3-4H2,1-2H3,(H,14,17,18);3*(H3,1,2,3,4)/t8-,9-,12-;;;/m1.../s1. The smallest absolute Gasteiger partial charge is 0.391 e. The largest absolute Gasteiger partial charge is 0.466 e. The van der Waals surface area contributed by atoms with Crippen molar-refractivity contribution in [1.29, 1.82) is 5.26 Å². The van der Waals surface area contributed by atoms with E-state index in [1.54, 1.807) is 13.8 Å². The Balaban J connectivity index is 0. The highest BCUT2D eigenvalue weighted by Crippen LogP contribution is 2.43. The van der Waals surface area contributed by atoms with Crippen LogP contribution in [0.5, 0.6) is 0 Å². The molecule has 3 atom stereocenters. The van der Waals surface area contributed by atoms with Gasteiger partial charge in [-0.1, -0.05) is 0 Å². The first-order valence-corrected chi connectivity index (χ1v) is 12.8. The lowest BCUT2D eigenvalue weighted by Gasteiger charge is -2.18. The lowest BCUT2D eigenvalue weighted by atomic mass is 9.88. The number of nitrogens with zero attached hydrogens (tertiary/aromatic N) is 2. The number of H-pyrrole nitrogens is 1. The summed E-state index contributed by atoms with van der Waals surface area (Å²) in [7, 11) is -13.9. The summed E-state index contributed by atoms with van der Waals surface area (Å²) < 4.78 is 28.1. The Morgan fingerprint density at radius 2 is 1.36 bits per heavy atom. The van der Waals surface area contributed by atoms with Crippen molar-refractivity contribution in [1.82, 2.24) is 9.55 Å². The molecule has 0 radical (unpaired) electrons.